The Balaban J connectivity index is 2.45. The Morgan fingerprint density at radius 3 is 2.72 bits per heavy atom. The van der Waals surface area contributed by atoms with E-state index >= 15 is 0 Å². The largest absolute Gasteiger partial charge is 0.394 e. The van der Waals surface area contributed by atoms with Gasteiger partial charge in [0.2, 0.25) is 5.95 Å². The summed E-state index contributed by atoms with van der Waals surface area (Å²) in [5.74, 6) is 0.380. The summed E-state index contributed by atoms with van der Waals surface area (Å²) < 4.78 is 0. The van der Waals surface area contributed by atoms with Gasteiger partial charge in [-0.15, -0.1) is 0 Å². The number of nitrogen functional groups attached to an aromatic ring is 1. The number of aliphatic hydroxyl groups is 1. The lowest BCUT2D eigenvalue weighted by molar-refractivity contribution is 0.0827. The van der Waals surface area contributed by atoms with Crippen molar-refractivity contribution >= 4 is 28.7 Å². The van der Waals surface area contributed by atoms with Crippen LogP contribution in [0.1, 0.15) is 43.5 Å². The van der Waals surface area contributed by atoms with Crippen molar-refractivity contribution in [2.75, 3.05) is 31.8 Å². The van der Waals surface area contributed by atoms with Crippen molar-refractivity contribution < 1.29 is 9.90 Å². The zero-order valence-corrected chi connectivity index (χ0v) is 15.2. The van der Waals surface area contributed by atoms with Crippen molar-refractivity contribution in [2.24, 2.45) is 0 Å². The molecule has 0 bridgehead atoms. The molecule has 0 spiro atoms. The number of rotatable bonds is 7. The molecule has 0 aliphatic carbocycles. The summed E-state index contributed by atoms with van der Waals surface area (Å²) in [5.41, 5.74) is 6.71. The van der Waals surface area contributed by atoms with Gasteiger partial charge < -0.3 is 21.1 Å². The molecular formula is C17H26N6O2. The van der Waals surface area contributed by atoms with Gasteiger partial charge in [0.15, 0.2) is 5.82 Å². The van der Waals surface area contributed by atoms with Crippen LogP contribution in [-0.2, 0) is 0 Å². The second-order valence-electron chi connectivity index (χ2n) is 6.67. The Kier molecular flexibility index (Phi) is 5.73. The number of nitrogens with one attached hydrogen (secondary N) is 1. The summed E-state index contributed by atoms with van der Waals surface area (Å²) in [5, 5.41) is 13.0. The second-order valence-corrected chi connectivity index (χ2v) is 6.67. The first-order valence-corrected chi connectivity index (χ1v) is 8.33. The van der Waals surface area contributed by atoms with E-state index in [0.717, 1.165) is 19.3 Å². The van der Waals surface area contributed by atoms with E-state index in [1.165, 1.54) is 11.1 Å². The first kappa shape index (κ1) is 18.9. The molecule has 0 saturated heterocycles. The van der Waals surface area contributed by atoms with Gasteiger partial charge in [-0.25, -0.2) is 9.97 Å². The summed E-state index contributed by atoms with van der Waals surface area (Å²) in [7, 11) is 3.35. The topological polar surface area (TPSA) is 117 Å². The third-order valence-corrected chi connectivity index (χ3v) is 4.06. The average molecular weight is 346 g/mol. The average Bonchev–Trinajstić information content (AvgIpc) is 2.58. The van der Waals surface area contributed by atoms with Crippen molar-refractivity contribution in [3.05, 3.63) is 17.8 Å². The molecule has 1 atom stereocenters. The first-order chi connectivity index (χ1) is 11.8. The number of carbonyl (C=O) groups is 1. The number of hydrogen-bond donors (Lipinski definition) is 3. The fraction of sp³-hybridized carbons (Fsp3) is 0.529. The van der Waals surface area contributed by atoms with Gasteiger partial charge >= 0.3 is 0 Å². The highest BCUT2D eigenvalue weighted by Crippen LogP contribution is 2.25. The maximum absolute atomic E-state index is 12.1. The Morgan fingerprint density at radius 2 is 2.12 bits per heavy atom. The van der Waals surface area contributed by atoms with Gasteiger partial charge in [0.1, 0.15) is 5.52 Å². The number of pyridine rings is 1. The maximum Gasteiger partial charge on any atom is 0.254 e. The highest BCUT2D eigenvalue weighted by atomic mass is 16.3. The van der Waals surface area contributed by atoms with E-state index in [9.17, 15) is 9.90 Å². The summed E-state index contributed by atoms with van der Waals surface area (Å²) in [4.78, 5) is 26.4. The number of hydrogen-bond acceptors (Lipinski definition) is 7. The summed E-state index contributed by atoms with van der Waals surface area (Å²) >= 11 is 0. The normalized spacial score (nSPS) is 13.5. The molecule has 0 unspecified atom stereocenters. The fourth-order valence-corrected chi connectivity index (χ4v) is 2.53. The number of nitrogens with zero attached hydrogens (tertiary/aromatic N) is 4. The van der Waals surface area contributed by atoms with Crippen molar-refractivity contribution in [1.29, 1.82) is 0 Å². The molecule has 2 rings (SSSR count). The number of amides is 1. The number of aliphatic hydroxyl groups excluding tert-OH is 1. The predicted octanol–water partition coefficient (Wildman–Crippen LogP) is 1.66. The van der Waals surface area contributed by atoms with Gasteiger partial charge in [-0.05, 0) is 19.4 Å². The minimum absolute atomic E-state index is 0.0460. The van der Waals surface area contributed by atoms with Crippen LogP contribution in [0.2, 0.25) is 0 Å². The van der Waals surface area contributed by atoms with Gasteiger partial charge in [-0.3, -0.25) is 4.79 Å². The van der Waals surface area contributed by atoms with E-state index in [-0.39, 0.29) is 18.5 Å². The third-order valence-electron chi connectivity index (χ3n) is 4.06. The fourth-order valence-electron chi connectivity index (χ4n) is 2.53. The molecule has 2 heterocycles. The Bertz CT molecular complexity index is 764. The van der Waals surface area contributed by atoms with E-state index in [0.29, 0.717) is 22.4 Å². The number of fused-ring (bicyclic) bond motifs is 1. The molecular weight excluding hydrogens is 320 g/mol. The second kappa shape index (κ2) is 7.60. The quantitative estimate of drug-likeness (QED) is 0.698. The molecule has 1 amide bonds. The van der Waals surface area contributed by atoms with Gasteiger partial charge in [-0.2, -0.15) is 4.98 Å². The number of nitrogens with two attached hydrogens (primary N) is 1. The summed E-state index contributed by atoms with van der Waals surface area (Å²) in [6.45, 7) is 3.98. The lowest BCUT2D eigenvalue weighted by Gasteiger charge is -2.29. The molecule has 0 radical (unpaired) electrons. The Morgan fingerprint density at radius 1 is 1.40 bits per heavy atom. The number of unbranched alkanes of at least 4 members (excludes halogenated alkanes) is 1. The number of aromatic nitrogens is 3. The van der Waals surface area contributed by atoms with Crippen LogP contribution in [0.5, 0.6) is 0 Å². The van der Waals surface area contributed by atoms with Crippen LogP contribution in [-0.4, -0.2) is 57.1 Å². The minimum atomic E-state index is -0.538. The van der Waals surface area contributed by atoms with Crippen LogP contribution < -0.4 is 11.1 Å². The summed E-state index contributed by atoms with van der Waals surface area (Å²) in [6, 6.07) is 1.65. The minimum Gasteiger partial charge on any atom is -0.394 e. The molecule has 0 fully saturated rings. The van der Waals surface area contributed by atoms with Crippen LogP contribution in [0.3, 0.4) is 0 Å². The molecule has 0 saturated carbocycles. The van der Waals surface area contributed by atoms with E-state index < -0.39 is 5.54 Å². The molecule has 0 aliphatic heterocycles. The van der Waals surface area contributed by atoms with Crippen LogP contribution in [0.25, 0.3) is 11.0 Å². The van der Waals surface area contributed by atoms with Crippen molar-refractivity contribution in [1.82, 2.24) is 19.9 Å². The van der Waals surface area contributed by atoms with E-state index in [2.05, 4.69) is 27.2 Å². The zero-order chi connectivity index (χ0) is 18.6. The molecule has 2 aromatic heterocycles. The van der Waals surface area contributed by atoms with Crippen molar-refractivity contribution in [2.45, 2.75) is 38.6 Å². The van der Waals surface area contributed by atoms with Gasteiger partial charge in [0, 0.05) is 20.3 Å². The molecule has 0 aromatic carbocycles. The maximum atomic E-state index is 12.1. The van der Waals surface area contributed by atoms with E-state index in [1.54, 1.807) is 20.2 Å². The molecule has 8 nitrogen and oxygen atoms in total. The third kappa shape index (κ3) is 4.33. The van der Waals surface area contributed by atoms with Gasteiger partial charge in [-0.1, -0.05) is 19.8 Å². The van der Waals surface area contributed by atoms with Gasteiger partial charge in [0.05, 0.1) is 23.2 Å². The van der Waals surface area contributed by atoms with Crippen molar-refractivity contribution in [3.8, 4) is 0 Å². The number of anilines is 2. The molecule has 25 heavy (non-hydrogen) atoms. The molecule has 8 heteroatoms. The molecule has 136 valence electrons. The standard InChI is InChI=1S/C17H26N6O2/c1-5-6-7-17(2,10-24)22-14-13-12(20-16(18)21-14)8-11(9-19-13)15(25)23(3)4/h8-9,24H,5-7,10H2,1-4H3,(H3,18,20,21,22)/t17-/m1/s1. The monoisotopic (exact) mass is 346 g/mol. The van der Waals surface area contributed by atoms with E-state index in [1.807, 2.05) is 6.92 Å². The van der Waals surface area contributed by atoms with Crippen LogP contribution in [0.15, 0.2) is 12.3 Å². The smallest absolute Gasteiger partial charge is 0.254 e. The van der Waals surface area contributed by atoms with E-state index in [4.69, 9.17) is 5.73 Å². The lowest BCUT2D eigenvalue weighted by atomic mass is 9.96. The molecule has 2 aromatic rings. The van der Waals surface area contributed by atoms with Crippen LogP contribution in [0.4, 0.5) is 11.8 Å². The first-order valence-electron chi connectivity index (χ1n) is 8.33. The zero-order valence-electron chi connectivity index (χ0n) is 15.2. The molecule has 4 N–H and O–H groups in total. The SMILES string of the molecule is CCCC[C@](C)(CO)Nc1nc(N)nc2cc(C(=O)N(C)C)cnc12. The Hall–Kier alpha value is -2.48. The van der Waals surface area contributed by atoms with Crippen molar-refractivity contribution in [3.63, 3.8) is 0 Å². The predicted molar refractivity (Wildman–Crippen MR) is 98.4 cm³/mol. The lowest BCUT2D eigenvalue weighted by Crippen LogP contribution is -2.39. The highest BCUT2D eigenvalue weighted by molar-refractivity contribution is 5.98. The molecule has 0 aliphatic rings. The Labute approximate surface area is 147 Å². The van der Waals surface area contributed by atoms with Crippen LogP contribution in [0, 0.1) is 0 Å². The summed E-state index contributed by atoms with van der Waals surface area (Å²) in [6.07, 6.45) is 4.27. The highest BCUT2D eigenvalue weighted by Gasteiger charge is 2.25. The van der Waals surface area contributed by atoms with Crippen LogP contribution >= 0.6 is 0 Å². The number of carbonyl (C=O) groups excluding carboxylic acids is 1. The van der Waals surface area contributed by atoms with Gasteiger partial charge in [0.25, 0.3) is 5.91 Å².